The summed E-state index contributed by atoms with van der Waals surface area (Å²) in [5.74, 6) is -0.0401. The van der Waals surface area contributed by atoms with E-state index in [-0.39, 0.29) is 18.4 Å². The van der Waals surface area contributed by atoms with E-state index in [1.165, 1.54) is 12.8 Å². The number of carbonyl (C=O) groups is 2. The van der Waals surface area contributed by atoms with Crippen LogP contribution in [0.3, 0.4) is 0 Å². The Kier molecular flexibility index (Phi) is 7.41. The molecule has 0 bridgehead atoms. The van der Waals surface area contributed by atoms with Gasteiger partial charge in [-0.25, -0.2) is 4.79 Å². The van der Waals surface area contributed by atoms with Crippen LogP contribution in [0.2, 0.25) is 0 Å². The van der Waals surface area contributed by atoms with Crippen molar-refractivity contribution in [2.24, 2.45) is 11.8 Å². The van der Waals surface area contributed by atoms with Crippen molar-refractivity contribution in [3.8, 4) is 0 Å². The zero-order valence-electron chi connectivity index (χ0n) is 12.7. The number of likely N-dealkylation sites (tertiary alicyclic amines) is 1. The first-order valence-electron chi connectivity index (χ1n) is 7.81. The van der Waals surface area contributed by atoms with Gasteiger partial charge in [-0.15, -0.1) is 0 Å². The summed E-state index contributed by atoms with van der Waals surface area (Å²) in [6.45, 7) is 6.25. The molecule has 1 rings (SSSR count). The van der Waals surface area contributed by atoms with Crippen molar-refractivity contribution in [3.05, 3.63) is 0 Å². The molecular formula is C15H28N2O3. The number of amides is 2. The van der Waals surface area contributed by atoms with Gasteiger partial charge in [0.15, 0.2) is 0 Å². The van der Waals surface area contributed by atoms with Gasteiger partial charge in [-0.1, -0.05) is 26.7 Å². The lowest BCUT2D eigenvalue weighted by Crippen LogP contribution is -2.42. The normalized spacial score (nSPS) is 21.1. The van der Waals surface area contributed by atoms with Crippen LogP contribution < -0.4 is 5.32 Å². The molecule has 0 aliphatic carbocycles. The van der Waals surface area contributed by atoms with Crippen molar-refractivity contribution < 1.29 is 14.7 Å². The van der Waals surface area contributed by atoms with E-state index in [1.54, 1.807) is 0 Å². The van der Waals surface area contributed by atoms with Crippen LogP contribution >= 0.6 is 0 Å². The number of carboxylic acid groups (broad SMARTS) is 1. The monoisotopic (exact) mass is 284 g/mol. The summed E-state index contributed by atoms with van der Waals surface area (Å²) in [6, 6.07) is -0.0365. The van der Waals surface area contributed by atoms with Crippen molar-refractivity contribution >= 4 is 12.0 Å². The Labute approximate surface area is 121 Å². The van der Waals surface area contributed by atoms with E-state index >= 15 is 0 Å². The molecule has 2 atom stereocenters. The Morgan fingerprint density at radius 3 is 2.65 bits per heavy atom. The van der Waals surface area contributed by atoms with Gasteiger partial charge in [-0.3, -0.25) is 4.79 Å². The summed E-state index contributed by atoms with van der Waals surface area (Å²) in [7, 11) is 0. The highest BCUT2D eigenvalue weighted by molar-refractivity contribution is 5.74. The fourth-order valence-corrected chi connectivity index (χ4v) is 2.73. The molecule has 2 amide bonds. The molecule has 0 spiro atoms. The van der Waals surface area contributed by atoms with E-state index in [9.17, 15) is 9.59 Å². The van der Waals surface area contributed by atoms with Crippen LogP contribution in [0.25, 0.3) is 0 Å². The predicted molar refractivity (Wildman–Crippen MR) is 78.6 cm³/mol. The minimum absolute atomic E-state index is 0.0202. The highest BCUT2D eigenvalue weighted by Crippen LogP contribution is 2.20. The molecule has 1 aliphatic heterocycles. The molecule has 0 radical (unpaired) electrons. The Balaban J connectivity index is 2.36. The fourth-order valence-electron chi connectivity index (χ4n) is 2.73. The van der Waals surface area contributed by atoms with Crippen LogP contribution in [0.5, 0.6) is 0 Å². The third-order valence-electron chi connectivity index (χ3n) is 4.29. The average molecular weight is 284 g/mol. The average Bonchev–Trinajstić information content (AvgIpc) is 2.67. The van der Waals surface area contributed by atoms with Gasteiger partial charge in [0.1, 0.15) is 0 Å². The number of nitrogens with zero attached hydrogens (tertiary/aromatic N) is 1. The fraction of sp³-hybridized carbons (Fsp3) is 0.867. The maximum Gasteiger partial charge on any atom is 0.317 e. The van der Waals surface area contributed by atoms with Crippen molar-refractivity contribution in [1.29, 1.82) is 0 Å². The molecule has 5 nitrogen and oxygen atoms in total. The van der Waals surface area contributed by atoms with Crippen LogP contribution in [-0.4, -0.2) is 41.6 Å². The maximum absolute atomic E-state index is 12.1. The highest BCUT2D eigenvalue weighted by Gasteiger charge is 2.20. The molecule has 20 heavy (non-hydrogen) atoms. The SMILES string of the molecule is CCC1CCCN(C(=O)NCC(CC)CC(=O)O)CC1. The molecule has 0 aromatic carbocycles. The van der Waals surface area contributed by atoms with E-state index < -0.39 is 5.97 Å². The van der Waals surface area contributed by atoms with E-state index in [4.69, 9.17) is 5.11 Å². The highest BCUT2D eigenvalue weighted by atomic mass is 16.4. The molecule has 5 heteroatoms. The number of carboxylic acids is 1. The van der Waals surface area contributed by atoms with Gasteiger partial charge >= 0.3 is 12.0 Å². The number of hydrogen-bond donors (Lipinski definition) is 2. The Morgan fingerprint density at radius 1 is 1.30 bits per heavy atom. The minimum atomic E-state index is -0.799. The van der Waals surface area contributed by atoms with Gasteiger partial charge in [-0.2, -0.15) is 0 Å². The molecule has 2 N–H and O–H groups in total. The van der Waals surface area contributed by atoms with E-state index in [0.717, 1.165) is 38.3 Å². The van der Waals surface area contributed by atoms with Crippen molar-refractivity contribution in [3.63, 3.8) is 0 Å². The number of hydrogen-bond acceptors (Lipinski definition) is 2. The van der Waals surface area contributed by atoms with E-state index in [0.29, 0.717) is 6.54 Å². The molecule has 0 aromatic rings. The molecule has 116 valence electrons. The van der Waals surface area contributed by atoms with E-state index in [1.807, 2.05) is 11.8 Å². The second kappa shape index (κ2) is 8.82. The molecule has 1 fully saturated rings. The lowest BCUT2D eigenvalue weighted by Gasteiger charge is -2.22. The summed E-state index contributed by atoms with van der Waals surface area (Å²) in [4.78, 5) is 24.7. The summed E-state index contributed by atoms with van der Waals surface area (Å²) in [5, 5.41) is 11.7. The largest absolute Gasteiger partial charge is 0.481 e. The summed E-state index contributed by atoms with van der Waals surface area (Å²) < 4.78 is 0. The lowest BCUT2D eigenvalue weighted by molar-refractivity contribution is -0.138. The zero-order chi connectivity index (χ0) is 15.0. The topological polar surface area (TPSA) is 69.6 Å². The third-order valence-corrected chi connectivity index (χ3v) is 4.29. The second-order valence-corrected chi connectivity index (χ2v) is 5.75. The smallest absolute Gasteiger partial charge is 0.317 e. The molecule has 0 saturated carbocycles. The number of aliphatic carboxylic acids is 1. The first kappa shape index (κ1) is 16.8. The van der Waals surface area contributed by atoms with E-state index in [2.05, 4.69) is 12.2 Å². The lowest BCUT2D eigenvalue weighted by atomic mass is 9.98. The summed E-state index contributed by atoms with van der Waals surface area (Å²) >= 11 is 0. The Morgan fingerprint density at radius 2 is 2.05 bits per heavy atom. The predicted octanol–water partition coefficient (Wildman–Crippen LogP) is 2.71. The summed E-state index contributed by atoms with van der Waals surface area (Å²) in [5.41, 5.74) is 0. The number of rotatable bonds is 6. The minimum Gasteiger partial charge on any atom is -0.481 e. The van der Waals surface area contributed by atoms with Gasteiger partial charge < -0.3 is 15.3 Å². The van der Waals surface area contributed by atoms with Crippen LogP contribution in [0, 0.1) is 11.8 Å². The quantitative estimate of drug-likeness (QED) is 0.788. The first-order chi connectivity index (χ1) is 9.56. The second-order valence-electron chi connectivity index (χ2n) is 5.75. The van der Waals surface area contributed by atoms with Crippen molar-refractivity contribution in [2.75, 3.05) is 19.6 Å². The molecule has 1 heterocycles. The third kappa shape index (κ3) is 5.80. The number of urea groups is 1. The van der Waals surface area contributed by atoms with Crippen molar-refractivity contribution in [1.82, 2.24) is 10.2 Å². The Bertz CT molecular complexity index is 320. The zero-order valence-corrected chi connectivity index (χ0v) is 12.7. The summed E-state index contributed by atoms with van der Waals surface area (Å²) in [6.07, 6.45) is 5.43. The first-order valence-corrected chi connectivity index (χ1v) is 7.81. The van der Waals surface area contributed by atoms with Crippen LogP contribution in [0.15, 0.2) is 0 Å². The van der Waals surface area contributed by atoms with Crippen molar-refractivity contribution in [2.45, 2.75) is 52.4 Å². The van der Waals surface area contributed by atoms with Gasteiger partial charge in [0.25, 0.3) is 0 Å². The molecule has 2 unspecified atom stereocenters. The van der Waals surface area contributed by atoms with Crippen LogP contribution in [0.1, 0.15) is 52.4 Å². The standard InChI is InChI=1S/C15H28N2O3/c1-3-12-6-5-8-17(9-7-12)15(20)16-11-13(4-2)10-14(18)19/h12-13H,3-11H2,1-2H3,(H,16,20)(H,18,19). The molecule has 1 saturated heterocycles. The van der Waals surface area contributed by atoms with Gasteiger partial charge in [0, 0.05) is 26.1 Å². The van der Waals surface area contributed by atoms with Gasteiger partial charge in [-0.05, 0) is 31.1 Å². The number of nitrogens with one attached hydrogen (secondary N) is 1. The number of carbonyl (C=O) groups excluding carboxylic acids is 1. The van der Waals surface area contributed by atoms with Crippen LogP contribution in [-0.2, 0) is 4.79 Å². The molecular weight excluding hydrogens is 256 g/mol. The maximum atomic E-state index is 12.1. The van der Waals surface area contributed by atoms with Crippen LogP contribution in [0.4, 0.5) is 4.79 Å². The van der Waals surface area contributed by atoms with Gasteiger partial charge in [0.2, 0.25) is 0 Å². The van der Waals surface area contributed by atoms with Gasteiger partial charge in [0.05, 0.1) is 0 Å². The molecule has 1 aliphatic rings. The Hall–Kier alpha value is -1.26. The molecule has 0 aromatic heterocycles.